The number of imidazole rings is 1. The highest BCUT2D eigenvalue weighted by Gasteiger charge is 2.35. The molecule has 35 heavy (non-hydrogen) atoms. The van der Waals surface area contributed by atoms with Crippen LogP contribution in [0.4, 0.5) is 5.95 Å². The normalized spacial score (nSPS) is 18.1. The Hall–Kier alpha value is -3.78. The molecule has 3 heterocycles. The van der Waals surface area contributed by atoms with Crippen LogP contribution >= 0.6 is 0 Å². The zero-order chi connectivity index (χ0) is 23.8. The molecule has 2 fully saturated rings. The maximum atomic E-state index is 12.5. The predicted molar refractivity (Wildman–Crippen MR) is 134 cm³/mol. The van der Waals surface area contributed by atoms with E-state index in [0.29, 0.717) is 29.8 Å². The summed E-state index contributed by atoms with van der Waals surface area (Å²) in [6.07, 6.45) is 7.38. The highest BCUT2D eigenvalue weighted by Crippen LogP contribution is 2.32. The fourth-order valence-corrected chi connectivity index (χ4v) is 4.90. The topological polar surface area (TPSA) is 96.2 Å². The number of hydrogen-bond donors (Lipinski definition) is 2. The van der Waals surface area contributed by atoms with Crippen LogP contribution in [0.15, 0.2) is 60.9 Å². The number of aliphatic hydroxyl groups is 1. The summed E-state index contributed by atoms with van der Waals surface area (Å²) in [5.74, 6) is 2.38. The number of likely N-dealkylation sites (tertiary alicyclic amines) is 1. The molecule has 2 aliphatic rings. The molecule has 1 aliphatic carbocycles. The fourth-order valence-electron chi connectivity index (χ4n) is 4.90. The van der Waals surface area contributed by atoms with Gasteiger partial charge < -0.3 is 15.3 Å². The lowest BCUT2D eigenvalue weighted by Crippen LogP contribution is -2.45. The van der Waals surface area contributed by atoms with E-state index in [4.69, 9.17) is 4.98 Å². The van der Waals surface area contributed by atoms with Crippen molar-refractivity contribution in [1.29, 1.82) is 0 Å². The minimum atomic E-state index is -0.159. The number of rotatable bonds is 6. The van der Waals surface area contributed by atoms with Gasteiger partial charge in [-0.05, 0) is 48.6 Å². The van der Waals surface area contributed by atoms with Gasteiger partial charge in [0.2, 0.25) is 11.9 Å². The molecule has 2 N–H and O–H groups in total. The monoisotopic (exact) mass is 468 g/mol. The molecule has 1 atom stereocenters. The van der Waals surface area contributed by atoms with E-state index in [1.807, 2.05) is 33.7 Å². The van der Waals surface area contributed by atoms with Crippen molar-refractivity contribution in [2.75, 3.05) is 18.4 Å². The zero-order valence-corrected chi connectivity index (χ0v) is 19.5. The summed E-state index contributed by atoms with van der Waals surface area (Å²) in [5, 5.41) is 15.7. The second kappa shape index (κ2) is 9.11. The van der Waals surface area contributed by atoms with Crippen LogP contribution in [0.3, 0.4) is 0 Å². The summed E-state index contributed by atoms with van der Waals surface area (Å²) < 4.78 is 1.88. The van der Waals surface area contributed by atoms with E-state index in [0.717, 1.165) is 48.6 Å². The van der Waals surface area contributed by atoms with E-state index < -0.39 is 0 Å². The summed E-state index contributed by atoms with van der Waals surface area (Å²) >= 11 is 0. The minimum absolute atomic E-state index is 0.113. The van der Waals surface area contributed by atoms with Gasteiger partial charge in [-0.15, -0.1) is 0 Å². The molecule has 8 nitrogen and oxygen atoms in total. The van der Waals surface area contributed by atoms with Crippen molar-refractivity contribution < 1.29 is 9.90 Å². The zero-order valence-electron chi connectivity index (χ0n) is 19.5. The van der Waals surface area contributed by atoms with Gasteiger partial charge in [-0.25, -0.2) is 9.97 Å². The molecule has 0 bridgehead atoms. The molecule has 1 amide bonds. The number of fused-ring (bicyclic) bond motifs is 1. The van der Waals surface area contributed by atoms with Gasteiger partial charge in [0.15, 0.2) is 0 Å². The lowest BCUT2D eigenvalue weighted by Gasteiger charge is -2.33. The van der Waals surface area contributed by atoms with E-state index in [9.17, 15) is 9.90 Å². The fraction of sp³-hybridized carbons (Fsp3) is 0.333. The van der Waals surface area contributed by atoms with Crippen LogP contribution in [-0.4, -0.2) is 54.6 Å². The number of nitrogens with zero attached hydrogens (tertiary/aromatic N) is 5. The van der Waals surface area contributed by atoms with Gasteiger partial charge in [0.05, 0.1) is 18.5 Å². The average Bonchev–Trinajstić information content (AvgIpc) is 3.66. The molecule has 4 aromatic rings. The standard InChI is InChI=1S/C27H28N6O2/c34-17-23-15-29-25(21-10-7-18-4-1-2-5-20(18)14-21)33(23)24-11-12-28-27(31-24)30-22-6-3-13-32(16-22)26(35)19-8-9-19/h1-2,4-5,7,10-12,14-15,19,22,34H,3,6,8-9,13,16-17H2,(H,28,30,31)/t22-/m0/s1. The summed E-state index contributed by atoms with van der Waals surface area (Å²) in [7, 11) is 0. The molecule has 1 saturated heterocycles. The van der Waals surface area contributed by atoms with Crippen molar-refractivity contribution in [3.8, 4) is 17.2 Å². The number of piperidine rings is 1. The number of anilines is 1. The third-order valence-corrected chi connectivity index (χ3v) is 6.87. The first-order valence-corrected chi connectivity index (χ1v) is 12.2. The molecular formula is C27H28N6O2. The number of carbonyl (C=O) groups is 1. The summed E-state index contributed by atoms with van der Waals surface area (Å²) in [5.41, 5.74) is 1.59. The first kappa shape index (κ1) is 21.7. The van der Waals surface area contributed by atoms with Gasteiger partial charge in [-0.1, -0.05) is 36.4 Å². The Balaban J connectivity index is 1.29. The van der Waals surface area contributed by atoms with E-state index in [1.165, 1.54) is 0 Å². The van der Waals surface area contributed by atoms with Gasteiger partial charge in [0.1, 0.15) is 11.6 Å². The Bertz CT molecular complexity index is 1380. The third-order valence-electron chi connectivity index (χ3n) is 6.87. The largest absolute Gasteiger partial charge is 0.390 e. The number of hydrogen-bond acceptors (Lipinski definition) is 6. The molecule has 6 rings (SSSR count). The number of aliphatic hydroxyl groups excluding tert-OH is 1. The summed E-state index contributed by atoms with van der Waals surface area (Å²) in [4.78, 5) is 28.3. The highest BCUT2D eigenvalue weighted by molar-refractivity contribution is 5.86. The van der Waals surface area contributed by atoms with E-state index in [1.54, 1.807) is 12.4 Å². The molecule has 8 heteroatoms. The van der Waals surface area contributed by atoms with Crippen LogP contribution in [-0.2, 0) is 11.4 Å². The summed E-state index contributed by atoms with van der Waals surface area (Å²) in [6, 6.07) is 16.3. The number of nitrogens with one attached hydrogen (secondary N) is 1. The van der Waals surface area contributed by atoms with Crippen LogP contribution < -0.4 is 5.32 Å². The number of benzene rings is 2. The quantitative estimate of drug-likeness (QED) is 0.447. The molecule has 2 aromatic heterocycles. The van der Waals surface area contributed by atoms with Crippen LogP contribution in [0.25, 0.3) is 28.0 Å². The van der Waals surface area contributed by atoms with Gasteiger partial charge in [-0.2, -0.15) is 4.98 Å². The Labute approximate surface area is 203 Å². The highest BCUT2D eigenvalue weighted by atomic mass is 16.3. The van der Waals surface area contributed by atoms with E-state index in [2.05, 4.69) is 39.6 Å². The molecule has 0 radical (unpaired) electrons. The average molecular weight is 469 g/mol. The Kier molecular flexibility index (Phi) is 5.66. The summed E-state index contributed by atoms with van der Waals surface area (Å²) in [6.45, 7) is 1.35. The van der Waals surface area contributed by atoms with Crippen molar-refractivity contribution in [1.82, 2.24) is 24.4 Å². The van der Waals surface area contributed by atoms with Gasteiger partial charge in [0, 0.05) is 36.8 Å². The van der Waals surface area contributed by atoms with Crippen LogP contribution in [0.2, 0.25) is 0 Å². The second-order valence-corrected chi connectivity index (χ2v) is 9.41. The Morgan fingerprint density at radius 3 is 2.74 bits per heavy atom. The number of aromatic nitrogens is 4. The van der Waals surface area contributed by atoms with Crippen LogP contribution in [0, 0.1) is 5.92 Å². The Morgan fingerprint density at radius 2 is 1.91 bits per heavy atom. The predicted octanol–water partition coefficient (Wildman–Crippen LogP) is 3.79. The SMILES string of the molecule is O=C(C1CC1)N1CCC[C@H](Nc2nccc(-n3c(CO)cnc3-c3ccc4ccccc4c3)n2)C1. The Morgan fingerprint density at radius 1 is 1.06 bits per heavy atom. The molecule has 0 spiro atoms. The molecule has 1 saturated carbocycles. The first-order chi connectivity index (χ1) is 17.2. The molecule has 0 unspecified atom stereocenters. The van der Waals surface area contributed by atoms with Gasteiger partial charge >= 0.3 is 0 Å². The van der Waals surface area contributed by atoms with Crippen molar-refractivity contribution >= 4 is 22.6 Å². The van der Waals surface area contributed by atoms with Crippen molar-refractivity contribution in [3.63, 3.8) is 0 Å². The molecule has 2 aromatic carbocycles. The molecule has 178 valence electrons. The van der Waals surface area contributed by atoms with Crippen LogP contribution in [0.5, 0.6) is 0 Å². The second-order valence-electron chi connectivity index (χ2n) is 9.41. The van der Waals surface area contributed by atoms with Crippen molar-refractivity contribution in [2.24, 2.45) is 5.92 Å². The lowest BCUT2D eigenvalue weighted by atomic mass is 10.1. The number of carbonyl (C=O) groups excluding carboxylic acids is 1. The molecule has 1 aliphatic heterocycles. The lowest BCUT2D eigenvalue weighted by molar-refractivity contribution is -0.133. The maximum absolute atomic E-state index is 12.5. The molecular weight excluding hydrogens is 440 g/mol. The minimum Gasteiger partial charge on any atom is -0.390 e. The van der Waals surface area contributed by atoms with Crippen molar-refractivity contribution in [2.45, 2.75) is 38.3 Å². The smallest absolute Gasteiger partial charge is 0.225 e. The van der Waals surface area contributed by atoms with Crippen LogP contribution in [0.1, 0.15) is 31.4 Å². The van der Waals surface area contributed by atoms with Gasteiger partial charge in [0.25, 0.3) is 0 Å². The van der Waals surface area contributed by atoms with E-state index >= 15 is 0 Å². The number of amides is 1. The first-order valence-electron chi connectivity index (χ1n) is 12.2. The third kappa shape index (κ3) is 4.37. The van der Waals surface area contributed by atoms with Crippen molar-refractivity contribution in [3.05, 3.63) is 66.6 Å². The van der Waals surface area contributed by atoms with Gasteiger partial charge in [-0.3, -0.25) is 9.36 Å². The van der Waals surface area contributed by atoms with E-state index in [-0.39, 0.29) is 24.5 Å². The maximum Gasteiger partial charge on any atom is 0.225 e.